The molecule has 0 amide bonds. The minimum atomic E-state index is 1.11. The molecule has 0 heterocycles. The van der Waals surface area contributed by atoms with Crippen molar-refractivity contribution in [3.63, 3.8) is 0 Å². The molecule has 1 N–H and O–H groups in total. The van der Waals surface area contributed by atoms with Gasteiger partial charge < -0.3 is 5.32 Å². The van der Waals surface area contributed by atoms with Crippen molar-refractivity contribution in [2.45, 2.75) is 26.2 Å². The van der Waals surface area contributed by atoms with Crippen molar-refractivity contribution >= 4 is 11.4 Å². The van der Waals surface area contributed by atoms with E-state index in [0.717, 1.165) is 11.4 Å². The highest BCUT2D eigenvalue weighted by Crippen LogP contribution is 2.25. The van der Waals surface area contributed by atoms with Crippen LogP contribution in [0.2, 0.25) is 0 Å². The Kier molecular flexibility index (Phi) is 5.10. The largest absolute Gasteiger partial charge is 0.356 e. The number of para-hydroxylation sites is 1. The monoisotopic (exact) mass is 301 g/mol. The summed E-state index contributed by atoms with van der Waals surface area (Å²) in [6.45, 7) is 2.24. The molecule has 0 radical (unpaired) electrons. The molecular weight excluding hydrogens is 278 g/mol. The highest BCUT2D eigenvalue weighted by Gasteiger charge is 2.01. The van der Waals surface area contributed by atoms with Gasteiger partial charge in [0.05, 0.1) is 0 Å². The van der Waals surface area contributed by atoms with E-state index in [1.165, 1.54) is 36.0 Å². The molecule has 0 saturated carbocycles. The van der Waals surface area contributed by atoms with Gasteiger partial charge >= 0.3 is 0 Å². The molecule has 3 aromatic rings. The Morgan fingerprint density at radius 1 is 0.696 bits per heavy atom. The van der Waals surface area contributed by atoms with Crippen LogP contribution in [-0.2, 0) is 6.42 Å². The number of rotatable bonds is 6. The Morgan fingerprint density at radius 3 is 2.17 bits per heavy atom. The molecule has 0 fully saturated rings. The summed E-state index contributed by atoms with van der Waals surface area (Å²) in [5.41, 5.74) is 6.16. The molecular formula is C22H23N. The van der Waals surface area contributed by atoms with Crippen LogP contribution in [0.5, 0.6) is 0 Å². The van der Waals surface area contributed by atoms with Crippen molar-refractivity contribution in [3.05, 3.63) is 84.4 Å². The second kappa shape index (κ2) is 7.64. The van der Waals surface area contributed by atoms with Crippen molar-refractivity contribution in [2.75, 3.05) is 5.32 Å². The van der Waals surface area contributed by atoms with Gasteiger partial charge in [0.2, 0.25) is 0 Å². The second-order valence-corrected chi connectivity index (χ2v) is 5.87. The molecule has 0 spiro atoms. The molecule has 0 bridgehead atoms. The number of unbranched alkanes of at least 4 members (excludes halogenated alkanes) is 1. The molecule has 0 aromatic heterocycles. The maximum Gasteiger partial charge on any atom is 0.0390 e. The van der Waals surface area contributed by atoms with Gasteiger partial charge in [-0.1, -0.05) is 67.9 Å². The number of hydrogen-bond acceptors (Lipinski definition) is 1. The molecule has 0 aliphatic rings. The molecule has 23 heavy (non-hydrogen) atoms. The summed E-state index contributed by atoms with van der Waals surface area (Å²) in [6, 6.07) is 27.8. The van der Waals surface area contributed by atoms with Crippen molar-refractivity contribution in [1.29, 1.82) is 0 Å². The molecule has 0 aliphatic heterocycles. The van der Waals surface area contributed by atoms with Gasteiger partial charge in [-0.05, 0) is 53.8 Å². The van der Waals surface area contributed by atoms with E-state index >= 15 is 0 Å². The molecule has 0 unspecified atom stereocenters. The van der Waals surface area contributed by atoms with Gasteiger partial charge in [-0.15, -0.1) is 0 Å². The van der Waals surface area contributed by atoms with E-state index in [9.17, 15) is 0 Å². The van der Waals surface area contributed by atoms with Crippen molar-refractivity contribution in [1.82, 2.24) is 0 Å². The number of nitrogens with one attached hydrogen (secondary N) is 1. The zero-order chi connectivity index (χ0) is 15.9. The van der Waals surface area contributed by atoms with E-state index < -0.39 is 0 Å². The van der Waals surface area contributed by atoms with E-state index in [-0.39, 0.29) is 0 Å². The fourth-order valence-corrected chi connectivity index (χ4v) is 2.71. The smallest absolute Gasteiger partial charge is 0.0390 e. The predicted octanol–water partition coefficient (Wildman–Crippen LogP) is 6.44. The quantitative estimate of drug-likeness (QED) is 0.552. The van der Waals surface area contributed by atoms with Crippen molar-refractivity contribution < 1.29 is 0 Å². The molecule has 1 nitrogen and oxygen atoms in total. The van der Waals surface area contributed by atoms with Crippen LogP contribution in [0, 0.1) is 0 Å². The molecule has 3 aromatic carbocycles. The van der Waals surface area contributed by atoms with Gasteiger partial charge in [-0.2, -0.15) is 0 Å². The minimum absolute atomic E-state index is 1.11. The predicted molar refractivity (Wildman–Crippen MR) is 100 cm³/mol. The van der Waals surface area contributed by atoms with E-state index in [2.05, 4.69) is 72.9 Å². The van der Waals surface area contributed by atoms with Crippen molar-refractivity contribution in [2.24, 2.45) is 0 Å². The average Bonchev–Trinajstić information content (AvgIpc) is 2.61. The van der Waals surface area contributed by atoms with E-state index in [0.29, 0.717) is 0 Å². The molecule has 0 saturated heterocycles. The third-order valence-corrected chi connectivity index (χ3v) is 4.03. The Labute approximate surface area is 139 Å². The summed E-state index contributed by atoms with van der Waals surface area (Å²) in [4.78, 5) is 0. The Balaban J connectivity index is 1.76. The van der Waals surface area contributed by atoms with Gasteiger partial charge in [0.15, 0.2) is 0 Å². The second-order valence-electron chi connectivity index (χ2n) is 5.87. The summed E-state index contributed by atoms with van der Waals surface area (Å²) >= 11 is 0. The van der Waals surface area contributed by atoms with E-state index in [1.807, 2.05) is 18.2 Å². The third kappa shape index (κ3) is 4.23. The number of aryl methyl sites for hydroxylation is 1. The lowest BCUT2D eigenvalue weighted by atomic mass is 10.0. The highest BCUT2D eigenvalue weighted by atomic mass is 14.9. The molecule has 3 rings (SSSR count). The summed E-state index contributed by atoms with van der Waals surface area (Å²) < 4.78 is 0. The van der Waals surface area contributed by atoms with Crippen LogP contribution in [0.25, 0.3) is 11.1 Å². The SMILES string of the molecule is CCCCc1ccc(-c2cccc(Nc3ccccc3)c2)cc1. The highest BCUT2D eigenvalue weighted by molar-refractivity contribution is 5.71. The van der Waals surface area contributed by atoms with E-state index in [1.54, 1.807) is 0 Å². The first-order valence-electron chi connectivity index (χ1n) is 8.36. The van der Waals surface area contributed by atoms with Crippen LogP contribution in [0.1, 0.15) is 25.3 Å². The van der Waals surface area contributed by atoms with Gasteiger partial charge in [-0.25, -0.2) is 0 Å². The fourth-order valence-electron chi connectivity index (χ4n) is 2.71. The first-order valence-corrected chi connectivity index (χ1v) is 8.36. The number of benzene rings is 3. The van der Waals surface area contributed by atoms with Crippen LogP contribution in [0.4, 0.5) is 11.4 Å². The summed E-state index contributed by atoms with van der Waals surface area (Å²) in [5, 5.41) is 3.45. The summed E-state index contributed by atoms with van der Waals surface area (Å²) in [6.07, 6.45) is 3.68. The van der Waals surface area contributed by atoms with Gasteiger partial charge in [-0.3, -0.25) is 0 Å². The fraction of sp³-hybridized carbons (Fsp3) is 0.182. The maximum atomic E-state index is 3.45. The van der Waals surface area contributed by atoms with Crippen LogP contribution < -0.4 is 5.32 Å². The molecule has 1 heteroatoms. The first-order chi connectivity index (χ1) is 11.3. The lowest BCUT2D eigenvalue weighted by Gasteiger charge is -2.09. The zero-order valence-corrected chi connectivity index (χ0v) is 13.6. The first kappa shape index (κ1) is 15.4. The van der Waals surface area contributed by atoms with Gasteiger partial charge in [0, 0.05) is 11.4 Å². The lowest BCUT2D eigenvalue weighted by molar-refractivity contribution is 0.795. The minimum Gasteiger partial charge on any atom is -0.356 e. The van der Waals surface area contributed by atoms with Crippen LogP contribution in [-0.4, -0.2) is 0 Å². The zero-order valence-electron chi connectivity index (χ0n) is 13.6. The Hall–Kier alpha value is -2.54. The van der Waals surface area contributed by atoms with Gasteiger partial charge in [0.1, 0.15) is 0 Å². The number of hydrogen-bond donors (Lipinski definition) is 1. The molecule has 0 atom stereocenters. The van der Waals surface area contributed by atoms with Crippen LogP contribution in [0.15, 0.2) is 78.9 Å². The molecule has 0 aliphatic carbocycles. The van der Waals surface area contributed by atoms with Crippen LogP contribution >= 0.6 is 0 Å². The third-order valence-electron chi connectivity index (χ3n) is 4.03. The Morgan fingerprint density at radius 2 is 1.43 bits per heavy atom. The summed E-state index contributed by atoms with van der Waals surface area (Å²) in [5.74, 6) is 0. The number of anilines is 2. The topological polar surface area (TPSA) is 12.0 Å². The normalized spacial score (nSPS) is 10.5. The standard InChI is InChI=1S/C22H23N/c1-2-3-8-18-13-15-19(16-14-18)20-9-7-12-22(17-20)23-21-10-5-4-6-11-21/h4-7,9-17,23H,2-3,8H2,1H3. The Bertz CT molecular complexity index is 729. The maximum absolute atomic E-state index is 3.45. The summed E-state index contributed by atoms with van der Waals surface area (Å²) in [7, 11) is 0. The van der Waals surface area contributed by atoms with E-state index in [4.69, 9.17) is 0 Å². The van der Waals surface area contributed by atoms with Gasteiger partial charge in [0.25, 0.3) is 0 Å². The average molecular weight is 301 g/mol. The van der Waals surface area contributed by atoms with Crippen LogP contribution in [0.3, 0.4) is 0 Å². The lowest BCUT2D eigenvalue weighted by Crippen LogP contribution is -1.90. The van der Waals surface area contributed by atoms with Crippen molar-refractivity contribution in [3.8, 4) is 11.1 Å². The molecule has 116 valence electrons.